The van der Waals surface area contributed by atoms with Gasteiger partial charge in [-0.2, -0.15) is 4.98 Å². The molecular weight excluding hydrogens is 931 g/mol. The van der Waals surface area contributed by atoms with Crippen LogP contribution < -0.4 is 33.4 Å². The van der Waals surface area contributed by atoms with Crippen molar-refractivity contribution in [3.8, 4) is 0 Å². The van der Waals surface area contributed by atoms with Crippen molar-refractivity contribution in [1.82, 2.24) is 39.4 Å². The van der Waals surface area contributed by atoms with Crippen LogP contribution in [0.15, 0.2) is 54.0 Å². The Labute approximate surface area is 381 Å². The largest absolute Gasteiger partial charge is 0.382 e. The molecule has 66 heavy (non-hydrogen) atoms. The summed E-state index contributed by atoms with van der Waals surface area (Å²) in [6.07, 6.45) is -6.55. The Kier molecular flexibility index (Phi) is 16.5. The number of nitrogens with one attached hydrogen (secondary N) is 3. The van der Waals surface area contributed by atoms with Crippen molar-refractivity contribution in [3.05, 3.63) is 65.1 Å². The van der Waals surface area contributed by atoms with Gasteiger partial charge in [0.05, 0.1) is 37.4 Å². The topological polar surface area (TPSA) is 320 Å². The molecule has 6 heterocycles. The number of anilines is 3. The Morgan fingerprint density at radius 3 is 2.47 bits per heavy atom. The van der Waals surface area contributed by atoms with Gasteiger partial charge in [-0.15, -0.1) is 11.8 Å². The Hall–Kier alpha value is -4.95. The number of fused-ring (bicyclic) bond motifs is 2. The van der Waals surface area contributed by atoms with Crippen molar-refractivity contribution in [1.29, 1.82) is 0 Å². The maximum atomic E-state index is 16.6. The number of hydrogen-bond acceptors (Lipinski definition) is 19. The molecule has 0 unspecified atom stereocenters. The van der Waals surface area contributed by atoms with Gasteiger partial charge in [0.1, 0.15) is 36.3 Å². The fourth-order valence-corrected chi connectivity index (χ4v) is 9.33. The van der Waals surface area contributed by atoms with Crippen LogP contribution in [0.25, 0.3) is 22.2 Å². The number of nitrogens with zero attached hydrogens (tertiary/aromatic N) is 6. The first-order chi connectivity index (χ1) is 31.8. The second-order valence-electron chi connectivity index (χ2n) is 15.0. The van der Waals surface area contributed by atoms with Crippen molar-refractivity contribution in [2.45, 2.75) is 80.7 Å². The number of benzene rings is 1. The second kappa shape index (κ2) is 22.2. The molecule has 9 atom stereocenters. The number of nitrogen functional groups attached to an aromatic ring is 2. The summed E-state index contributed by atoms with van der Waals surface area (Å²) in [7, 11) is 0.352. The van der Waals surface area contributed by atoms with Crippen LogP contribution in [0.5, 0.6) is 0 Å². The van der Waals surface area contributed by atoms with Crippen LogP contribution in [-0.2, 0) is 52.3 Å². The van der Waals surface area contributed by atoms with Gasteiger partial charge < -0.3 is 55.7 Å². The number of aromatic amines is 1. The molecule has 2 aliphatic rings. The molecule has 5 aromatic rings. The molecule has 0 spiro atoms. The molecule has 0 bridgehead atoms. The number of carbonyl (C=O) groups excluding carboxylic acids is 2. The van der Waals surface area contributed by atoms with Gasteiger partial charge in [0.2, 0.25) is 25.3 Å². The first-order valence-electron chi connectivity index (χ1n) is 20.4. The molecule has 7 rings (SSSR count). The maximum Gasteiger partial charge on any atom is 0.327 e. The Bertz CT molecular complexity index is 2600. The number of rotatable bonds is 23. The predicted molar refractivity (Wildman–Crippen MR) is 236 cm³/mol. The van der Waals surface area contributed by atoms with E-state index in [2.05, 4.69) is 35.6 Å². The van der Waals surface area contributed by atoms with Gasteiger partial charge in [0.15, 0.2) is 41.9 Å². The zero-order valence-corrected chi connectivity index (χ0v) is 37.5. The van der Waals surface area contributed by atoms with Crippen LogP contribution in [-0.4, -0.2) is 122 Å². The third-order valence-corrected chi connectivity index (χ3v) is 12.7. The summed E-state index contributed by atoms with van der Waals surface area (Å²) >= 11 is 1.35. The highest BCUT2D eigenvalue weighted by atomic mass is 32.2. The highest BCUT2D eigenvalue weighted by Crippen LogP contribution is 2.50. The van der Waals surface area contributed by atoms with Gasteiger partial charge in [0, 0.05) is 24.1 Å². The molecule has 0 saturated carbocycles. The fraction of sp³-hybridized carbons (Fsp3) is 0.486. The van der Waals surface area contributed by atoms with E-state index >= 15 is 8.78 Å². The number of alkyl halides is 2. The monoisotopic (exact) mass is 976 g/mol. The summed E-state index contributed by atoms with van der Waals surface area (Å²) < 4.78 is 94.0. The minimum absolute atomic E-state index is 0.00810. The van der Waals surface area contributed by atoms with Crippen LogP contribution in [0.3, 0.4) is 0 Å². The molecule has 0 aliphatic carbocycles. The van der Waals surface area contributed by atoms with E-state index in [1.54, 1.807) is 24.3 Å². The van der Waals surface area contributed by atoms with Gasteiger partial charge in [-0.25, -0.2) is 28.3 Å². The van der Waals surface area contributed by atoms with Crippen LogP contribution in [0.1, 0.15) is 43.7 Å². The van der Waals surface area contributed by atoms with Gasteiger partial charge in [-0.3, -0.25) is 33.0 Å². The van der Waals surface area contributed by atoms with E-state index in [0.29, 0.717) is 30.8 Å². The number of unbranched alkanes of at least 4 members (excludes halogenated alkanes) is 2. The molecular formula is C37H45BF2N12O11P2S. The summed E-state index contributed by atoms with van der Waals surface area (Å²) in [4.78, 5) is 55.4. The van der Waals surface area contributed by atoms with E-state index in [-0.39, 0.29) is 64.9 Å². The number of nitrogens with two attached hydrogens (primary N) is 3. The molecule has 2 radical (unpaired) electrons. The summed E-state index contributed by atoms with van der Waals surface area (Å²) in [6.45, 7) is -0.640. The predicted octanol–water partition coefficient (Wildman–Crippen LogP) is 2.95. The quantitative estimate of drug-likeness (QED) is 0.0237. The highest BCUT2D eigenvalue weighted by Gasteiger charge is 2.51. The lowest BCUT2D eigenvalue weighted by Gasteiger charge is -2.25. The molecule has 4 aromatic heterocycles. The number of hydrogen-bond donors (Lipinski definition) is 6. The average Bonchev–Trinajstić information content (AvgIpc) is 4.06. The fourth-order valence-electron chi connectivity index (χ4n) is 7.25. The molecule has 9 N–H and O–H groups in total. The summed E-state index contributed by atoms with van der Waals surface area (Å²) in [6, 6.07) is 8.42. The minimum Gasteiger partial charge on any atom is -0.382 e. The summed E-state index contributed by atoms with van der Waals surface area (Å²) in [5, 5.41) is 5.41. The smallest absolute Gasteiger partial charge is 0.327 e. The number of halogens is 2. The molecule has 352 valence electrons. The van der Waals surface area contributed by atoms with E-state index < -0.39 is 77.5 Å². The number of imidazole rings is 1. The third kappa shape index (κ3) is 11.8. The lowest BCUT2D eigenvalue weighted by Crippen LogP contribution is -2.35. The van der Waals surface area contributed by atoms with Crippen LogP contribution in [0, 0.1) is 0 Å². The lowest BCUT2D eigenvalue weighted by molar-refractivity contribution is -0.124. The van der Waals surface area contributed by atoms with Crippen molar-refractivity contribution in [3.63, 3.8) is 0 Å². The highest BCUT2D eigenvalue weighted by molar-refractivity contribution is 7.98. The van der Waals surface area contributed by atoms with E-state index in [9.17, 15) is 23.5 Å². The van der Waals surface area contributed by atoms with E-state index in [0.717, 1.165) is 24.7 Å². The van der Waals surface area contributed by atoms with Gasteiger partial charge in [-0.1, -0.05) is 18.6 Å². The number of thioether (sulfide) groups is 1. The van der Waals surface area contributed by atoms with Crippen molar-refractivity contribution in [2.24, 2.45) is 5.73 Å². The zero-order chi connectivity index (χ0) is 47.0. The molecule has 29 heteroatoms. The molecule has 2 aliphatic heterocycles. The number of aromatic nitrogens is 7. The van der Waals surface area contributed by atoms with Gasteiger partial charge in [-0.05, 0) is 43.1 Å². The second-order valence-corrected chi connectivity index (χ2v) is 17.9. The maximum absolute atomic E-state index is 16.6. The number of carbonyl (C=O) groups is 2. The summed E-state index contributed by atoms with van der Waals surface area (Å²) in [5.41, 5.74) is 18.2. The van der Waals surface area contributed by atoms with E-state index in [4.69, 9.17) is 52.5 Å². The Morgan fingerprint density at radius 1 is 0.970 bits per heavy atom. The van der Waals surface area contributed by atoms with E-state index in [1.807, 2.05) is 0 Å². The number of ether oxygens (including phenoxy) is 3. The van der Waals surface area contributed by atoms with Crippen LogP contribution >= 0.6 is 27.9 Å². The Balaban J connectivity index is 0.960. The zero-order valence-electron chi connectivity index (χ0n) is 34.9. The SMILES string of the molecule is [B][P@](=O)(OC[C@H]1O[C@@H](n2cnc3c(N)ncnc32)[C@H](F)[C@@H]1OP=O)O[C@H]1[C@@H](F)[C@H](n2ccc3c(=O)[nH]c(N)nc32)O[C@@H]1COCSCc1ccc(NC(=O)CNC(=O)CCCCCN)cc1. The lowest BCUT2D eigenvalue weighted by atomic mass is 10.1. The van der Waals surface area contributed by atoms with Gasteiger partial charge >= 0.3 is 8.69 Å². The van der Waals surface area contributed by atoms with Crippen molar-refractivity contribution in [2.75, 3.05) is 49.0 Å². The number of amides is 2. The number of H-pyrrole nitrogens is 1. The summed E-state index contributed by atoms with van der Waals surface area (Å²) in [5.74, 6) is -0.249. The minimum atomic E-state index is -4.76. The Morgan fingerprint density at radius 2 is 1.71 bits per heavy atom. The van der Waals surface area contributed by atoms with Crippen molar-refractivity contribution < 1.29 is 55.3 Å². The van der Waals surface area contributed by atoms with Crippen LogP contribution in [0.2, 0.25) is 0 Å². The first-order valence-corrected chi connectivity index (χ1v) is 23.9. The molecule has 2 fully saturated rings. The van der Waals surface area contributed by atoms with Crippen molar-refractivity contribution >= 4 is 87.0 Å². The third-order valence-electron chi connectivity index (χ3n) is 10.4. The van der Waals surface area contributed by atoms with Crippen LogP contribution in [0.4, 0.5) is 26.2 Å². The van der Waals surface area contributed by atoms with Gasteiger partial charge in [0.25, 0.3) is 13.0 Å². The standard InChI is InChI=1S/C37H45BF2N12O11P2S/c38-65(57,59-14-23-29(62-64-56)26(39)36(61-23)52-17-47-28-31(42)45-16-46-33(28)52)63-30-22(60-35(27(30)40)51-11-9-21-32(51)49-37(43)50-34(21)55)13-58-18-66-15-19-5-7-20(8-6-19)48-25(54)12-44-24(53)4-2-1-3-10-41/h5-9,11,16-17,22-23,26-27,29-30,35-36H,1-4,10,12-15,18,41H2,(H,44,53)(H,48,54)(H2,42,45,46)(H3,43,49,50,55)/t22-,23-,26-,27-,29-,30-,35-,36-,65+/m1/s1. The molecule has 1 aromatic carbocycles. The normalized spacial score (nSPS) is 24.0. The van der Waals surface area contributed by atoms with E-state index in [1.165, 1.54) is 39.5 Å². The average molecular weight is 977 g/mol. The first kappa shape index (κ1) is 49.0. The molecule has 23 nitrogen and oxygen atoms in total. The molecule has 2 amide bonds. The molecule has 2 saturated heterocycles.